The van der Waals surface area contributed by atoms with Gasteiger partial charge in [0.05, 0.1) is 5.84 Å². The summed E-state index contributed by atoms with van der Waals surface area (Å²) in [5.41, 5.74) is 0.651. The summed E-state index contributed by atoms with van der Waals surface area (Å²) in [6, 6.07) is 0. The molecule has 0 rings (SSSR count). The molecule has 0 atom stereocenters. The van der Waals surface area contributed by atoms with Gasteiger partial charge in [-0.05, 0) is 40.4 Å². The van der Waals surface area contributed by atoms with Gasteiger partial charge in [-0.1, -0.05) is 0 Å². The third kappa shape index (κ3) is 11.3. The van der Waals surface area contributed by atoms with Crippen LogP contribution in [0.2, 0.25) is 0 Å². The Bertz CT molecular complexity index is 192. The molecule has 15 heavy (non-hydrogen) atoms. The van der Waals surface area contributed by atoms with Crippen molar-refractivity contribution in [2.24, 2.45) is 0 Å². The largest absolute Gasteiger partial charge is 0.374 e. The van der Waals surface area contributed by atoms with Gasteiger partial charge in [0.25, 0.3) is 0 Å². The Kier molecular flexibility index (Phi) is 11.1. The van der Waals surface area contributed by atoms with Crippen LogP contribution in [0.1, 0.15) is 26.2 Å². The van der Waals surface area contributed by atoms with Crippen LogP contribution in [0.4, 0.5) is 0 Å². The van der Waals surface area contributed by atoms with Crippen LogP contribution < -0.4 is 5.32 Å². The maximum absolute atomic E-state index is 7.64. The molecule has 0 aliphatic carbocycles. The van der Waals surface area contributed by atoms with Gasteiger partial charge in [0.15, 0.2) is 0 Å². The van der Waals surface area contributed by atoms with Gasteiger partial charge in [0, 0.05) is 18.7 Å². The van der Waals surface area contributed by atoms with Gasteiger partial charge < -0.3 is 15.6 Å². The predicted octanol–water partition coefficient (Wildman–Crippen LogP) is 1.75. The molecule has 0 aromatic heterocycles. The van der Waals surface area contributed by atoms with Crippen molar-refractivity contribution < 1.29 is 0 Å². The Morgan fingerprint density at radius 3 is 2.33 bits per heavy atom. The minimum absolute atomic E-state index is 0. The van der Waals surface area contributed by atoms with Crippen molar-refractivity contribution in [3.63, 3.8) is 0 Å². The van der Waals surface area contributed by atoms with Crippen molar-refractivity contribution in [1.82, 2.24) is 10.2 Å². The number of nitrogens with one attached hydrogen (secondary N) is 3. The highest BCUT2D eigenvalue weighted by molar-refractivity contribution is 6.00. The lowest BCUT2D eigenvalue weighted by atomic mass is 10.1. The first-order valence-corrected chi connectivity index (χ1v) is 5.08. The van der Waals surface area contributed by atoms with E-state index in [1.807, 2.05) is 21.0 Å². The fourth-order valence-corrected chi connectivity index (χ4v) is 1.19. The molecule has 0 aromatic carbocycles. The van der Waals surface area contributed by atoms with Crippen LogP contribution >= 0.6 is 12.4 Å². The van der Waals surface area contributed by atoms with Crippen molar-refractivity contribution in [3.8, 4) is 0 Å². The Labute approximate surface area is 98.9 Å². The molecule has 4 nitrogen and oxygen atoms in total. The van der Waals surface area contributed by atoms with Crippen molar-refractivity contribution in [2.45, 2.75) is 26.2 Å². The van der Waals surface area contributed by atoms with E-state index in [0.717, 1.165) is 25.9 Å². The molecule has 0 aromatic rings. The molecule has 90 valence electrons. The highest BCUT2D eigenvalue weighted by Crippen LogP contribution is 1.97. The second-order valence-corrected chi connectivity index (χ2v) is 3.70. The molecule has 0 bridgehead atoms. The summed E-state index contributed by atoms with van der Waals surface area (Å²) < 4.78 is 0. The SMILES string of the molecule is CCNC(=N)CC(=N)CCCN(C)C.Cl. The number of amidine groups is 1. The van der Waals surface area contributed by atoms with Crippen LogP contribution in [0.25, 0.3) is 0 Å². The summed E-state index contributed by atoms with van der Waals surface area (Å²) >= 11 is 0. The molecule has 3 N–H and O–H groups in total. The average Bonchev–Trinajstić information content (AvgIpc) is 2.03. The maximum atomic E-state index is 7.64. The van der Waals surface area contributed by atoms with E-state index in [1.165, 1.54) is 0 Å². The Morgan fingerprint density at radius 1 is 1.27 bits per heavy atom. The fraction of sp³-hybridized carbons (Fsp3) is 0.800. The lowest BCUT2D eigenvalue weighted by Crippen LogP contribution is -2.24. The molecule has 0 heterocycles. The zero-order valence-electron chi connectivity index (χ0n) is 9.89. The predicted molar refractivity (Wildman–Crippen MR) is 68.8 cm³/mol. The molecular weight excluding hydrogens is 212 g/mol. The molecule has 0 aliphatic heterocycles. The van der Waals surface area contributed by atoms with Gasteiger partial charge in [-0.2, -0.15) is 0 Å². The van der Waals surface area contributed by atoms with Crippen LogP contribution in [0, 0.1) is 10.8 Å². The second-order valence-electron chi connectivity index (χ2n) is 3.70. The van der Waals surface area contributed by atoms with Gasteiger partial charge in [0.2, 0.25) is 0 Å². The molecule has 5 heteroatoms. The van der Waals surface area contributed by atoms with Gasteiger partial charge in [-0.15, -0.1) is 12.4 Å². The van der Waals surface area contributed by atoms with Gasteiger partial charge in [-0.25, -0.2) is 0 Å². The van der Waals surface area contributed by atoms with Crippen LogP contribution in [-0.4, -0.2) is 43.6 Å². The standard InChI is InChI=1S/C10H22N4.ClH/c1-4-13-10(12)8-9(11)6-5-7-14(2)3;/h11H,4-8H2,1-3H3,(H2,12,13);1H. The van der Waals surface area contributed by atoms with Crippen molar-refractivity contribution in [2.75, 3.05) is 27.2 Å². The van der Waals surface area contributed by atoms with Gasteiger partial charge in [0.1, 0.15) is 0 Å². The van der Waals surface area contributed by atoms with Crippen LogP contribution in [-0.2, 0) is 0 Å². The zero-order chi connectivity index (χ0) is 11.0. The molecule has 0 amide bonds. The summed E-state index contributed by atoms with van der Waals surface area (Å²) in [5.74, 6) is 0.461. The quantitative estimate of drug-likeness (QED) is 0.464. The molecule has 0 saturated carbocycles. The third-order valence-corrected chi connectivity index (χ3v) is 1.86. The molecule has 0 fully saturated rings. The topological polar surface area (TPSA) is 63.0 Å². The van der Waals surface area contributed by atoms with E-state index in [9.17, 15) is 0 Å². The third-order valence-electron chi connectivity index (χ3n) is 1.86. The van der Waals surface area contributed by atoms with E-state index >= 15 is 0 Å². The van der Waals surface area contributed by atoms with Gasteiger partial charge >= 0.3 is 0 Å². The van der Waals surface area contributed by atoms with Crippen molar-refractivity contribution >= 4 is 24.0 Å². The van der Waals surface area contributed by atoms with E-state index in [0.29, 0.717) is 18.0 Å². The highest BCUT2D eigenvalue weighted by atomic mass is 35.5. The van der Waals surface area contributed by atoms with Crippen molar-refractivity contribution in [3.05, 3.63) is 0 Å². The molecule has 0 aliphatic rings. The molecular formula is C10H23ClN4. The van der Waals surface area contributed by atoms with Gasteiger partial charge in [-0.3, -0.25) is 5.41 Å². The summed E-state index contributed by atoms with van der Waals surface area (Å²) in [5, 5.41) is 18.0. The number of nitrogens with zero attached hydrogens (tertiary/aromatic N) is 1. The summed E-state index contributed by atoms with van der Waals surface area (Å²) in [6.07, 6.45) is 2.28. The van der Waals surface area contributed by atoms with E-state index in [-0.39, 0.29) is 12.4 Å². The zero-order valence-corrected chi connectivity index (χ0v) is 10.7. The van der Waals surface area contributed by atoms with Crippen LogP contribution in [0.5, 0.6) is 0 Å². The first kappa shape index (κ1) is 16.8. The first-order chi connectivity index (χ1) is 6.56. The Hall–Kier alpha value is -0.610. The van der Waals surface area contributed by atoms with Crippen LogP contribution in [0.3, 0.4) is 0 Å². The minimum atomic E-state index is 0. The maximum Gasteiger partial charge on any atom is 0.0988 e. The highest BCUT2D eigenvalue weighted by Gasteiger charge is 2.01. The number of halogens is 1. The first-order valence-electron chi connectivity index (χ1n) is 5.08. The van der Waals surface area contributed by atoms with E-state index in [1.54, 1.807) is 0 Å². The average molecular weight is 235 g/mol. The van der Waals surface area contributed by atoms with Crippen LogP contribution in [0.15, 0.2) is 0 Å². The summed E-state index contributed by atoms with van der Waals surface area (Å²) in [6.45, 7) is 3.74. The number of hydrogen-bond donors (Lipinski definition) is 3. The Morgan fingerprint density at radius 2 is 1.87 bits per heavy atom. The normalized spacial score (nSPS) is 9.60. The molecule has 0 spiro atoms. The smallest absolute Gasteiger partial charge is 0.0988 e. The fourth-order valence-electron chi connectivity index (χ4n) is 1.19. The van der Waals surface area contributed by atoms with E-state index in [2.05, 4.69) is 10.2 Å². The molecule has 0 radical (unpaired) electrons. The van der Waals surface area contributed by atoms with E-state index in [4.69, 9.17) is 10.8 Å². The molecule has 0 unspecified atom stereocenters. The van der Waals surface area contributed by atoms with E-state index < -0.39 is 0 Å². The number of hydrogen-bond acceptors (Lipinski definition) is 3. The minimum Gasteiger partial charge on any atom is -0.374 e. The Balaban J connectivity index is 0. The molecule has 0 saturated heterocycles. The summed E-state index contributed by atoms with van der Waals surface area (Å²) in [4.78, 5) is 2.11. The number of rotatable bonds is 7. The lowest BCUT2D eigenvalue weighted by molar-refractivity contribution is 0.403. The summed E-state index contributed by atoms with van der Waals surface area (Å²) in [7, 11) is 4.06. The monoisotopic (exact) mass is 234 g/mol. The lowest BCUT2D eigenvalue weighted by Gasteiger charge is -2.10. The second kappa shape index (κ2) is 9.93. The van der Waals surface area contributed by atoms with Crippen molar-refractivity contribution in [1.29, 1.82) is 10.8 Å².